The lowest BCUT2D eigenvalue weighted by molar-refractivity contribution is -0.273. The number of alkyl halides is 7. The van der Waals surface area contributed by atoms with E-state index < -0.39 is 30.0 Å². The van der Waals surface area contributed by atoms with Crippen LogP contribution in [0.3, 0.4) is 0 Å². The Morgan fingerprint density at radius 2 is 1.32 bits per heavy atom. The second kappa shape index (κ2) is 4.68. The molecule has 0 amide bonds. The van der Waals surface area contributed by atoms with Gasteiger partial charge in [0, 0.05) is 0 Å². The first-order chi connectivity index (χ1) is 8.35. The van der Waals surface area contributed by atoms with E-state index in [2.05, 4.69) is 6.07 Å². The molecule has 0 aliphatic rings. The molecule has 0 spiro atoms. The molecule has 19 heavy (non-hydrogen) atoms. The Labute approximate surface area is 105 Å². The van der Waals surface area contributed by atoms with Crippen molar-refractivity contribution < 1.29 is 30.7 Å². The molecule has 1 rings (SSSR count). The first-order valence-electron chi connectivity index (χ1n) is 5.18. The van der Waals surface area contributed by atoms with Crippen molar-refractivity contribution in [1.82, 2.24) is 0 Å². The molecule has 0 aromatic heterocycles. The number of hydrogen-bond acceptors (Lipinski definition) is 0. The van der Waals surface area contributed by atoms with Crippen LogP contribution in [0.1, 0.15) is 23.1 Å². The van der Waals surface area contributed by atoms with Crippen LogP contribution in [0.2, 0.25) is 0 Å². The minimum Gasteiger partial charge on any atom is -0.228 e. The Bertz CT molecular complexity index is 438. The van der Waals surface area contributed by atoms with E-state index in [1.54, 1.807) is 0 Å². The first kappa shape index (κ1) is 15.8. The summed E-state index contributed by atoms with van der Waals surface area (Å²) in [5.41, 5.74) is -5.21. The van der Waals surface area contributed by atoms with Crippen LogP contribution < -0.4 is 0 Å². The molecular formula is C12H10F7. The highest BCUT2D eigenvalue weighted by Gasteiger charge is 2.61. The van der Waals surface area contributed by atoms with Crippen molar-refractivity contribution in [1.29, 1.82) is 0 Å². The van der Waals surface area contributed by atoms with Gasteiger partial charge in [-0.2, -0.15) is 26.3 Å². The van der Waals surface area contributed by atoms with Crippen LogP contribution in [0.4, 0.5) is 30.7 Å². The molecule has 0 saturated heterocycles. The molecule has 107 valence electrons. The van der Waals surface area contributed by atoms with Crippen molar-refractivity contribution in [2.24, 2.45) is 0 Å². The Hall–Kier alpha value is -1.27. The third-order valence-corrected chi connectivity index (χ3v) is 2.49. The molecular weight excluding hydrogens is 277 g/mol. The lowest BCUT2D eigenvalue weighted by Crippen LogP contribution is -2.42. The van der Waals surface area contributed by atoms with Gasteiger partial charge >= 0.3 is 12.4 Å². The summed E-state index contributed by atoms with van der Waals surface area (Å²) in [7, 11) is 0. The summed E-state index contributed by atoms with van der Waals surface area (Å²) in [5.74, 6) is 0. The Morgan fingerprint density at radius 1 is 0.895 bits per heavy atom. The fourth-order valence-corrected chi connectivity index (χ4v) is 1.76. The molecule has 1 aromatic rings. The SMILES string of the molecule is Cc1[c]c(C)cc(C(F)(CC(F)(F)F)C(F)(F)F)c1. The molecule has 1 aromatic carbocycles. The van der Waals surface area contributed by atoms with Gasteiger partial charge in [-0.05, 0) is 36.6 Å². The van der Waals surface area contributed by atoms with Gasteiger partial charge in [-0.3, -0.25) is 0 Å². The smallest absolute Gasteiger partial charge is 0.228 e. The summed E-state index contributed by atoms with van der Waals surface area (Å²) >= 11 is 0. The standard InChI is InChI=1S/C12H10F7/c1-7-3-8(2)5-9(4-7)10(13,12(17,18)19)6-11(14,15)16/h4-5H,6H2,1-2H3. The highest BCUT2D eigenvalue weighted by molar-refractivity contribution is 5.33. The topological polar surface area (TPSA) is 0 Å². The van der Waals surface area contributed by atoms with E-state index in [1.165, 1.54) is 13.8 Å². The molecule has 0 bridgehead atoms. The number of halogens is 7. The van der Waals surface area contributed by atoms with Gasteiger partial charge in [0.15, 0.2) is 0 Å². The lowest BCUT2D eigenvalue weighted by atomic mass is 9.89. The minimum absolute atomic E-state index is 0.142. The molecule has 7 heteroatoms. The molecule has 0 fully saturated rings. The fraction of sp³-hybridized carbons (Fsp3) is 0.500. The molecule has 1 atom stereocenters. The quantitative estimate of drug-likeness (QED) is 0.686. The van der Waals surface area contributed by atoms with Crippen molar-refractivity contribution >= 4 is 0 Å². The number of rotatable bonds is 2. The fourth-order valence-electron chi connectivity index (χ4n) is 1.76. The predicted molar refractivity (Wildman–Crippen MR) is 54.3 cm³/mol. The van der Waals surface area contributed by atoms with E-state index >= 15 is 0 Å². The number of aryl methyl sites for hydroxylation is 2. The second-order valence-electron chi connectivity index (χ2n) is 4.33. The van der Waals surface area contributed by atoms with Gasteiger partial charge < -0.3 is 0 Å². The molecule has 0 aliphatic carbocycles. The van der Waals surface area contributed by atoms with Crippen LogP contribution in [0.5, 0.6) is 0 Å². The average Bonchev–Trinajstić information content (AvgIpc) is 2.11. The van der Waals surface area contributed by atoms with Crippen molar-refractivity contribution in [2.45, 2.75) is 38.3 Å². The Balaban J connectivity index is 3.40. The second-order valence-corrected chi connectivity index (χ2v) is 4.33. The summed E-state index contributed by atoms with van der Waals surface area (Å²) in [6, 6.07) is 4.04. The summed E-state index contributed by atoms with van der Waals surface area (Å²) in [4.78, 5) is 0. The van der Waals surface area contributed by atoms with E-state index in [0.29, 0.717) is 0 Å². The summed E-state index contributed by atoms with van der Waals surface area (Å²) in [6.07, 6.45) is -13.5. The van der Waals surface area contributed by atoms with Gasteiger partial charge in [0.1, 0.15) is 0 Å². The number of hydrogen-bond donors (Lipinski definition) is 0. The van der Waals surface area contributed by atoms with Gasteiger partial charge in [-0.1, -0.05) is 12.1 Å². The summed E-state index contributed by atoms with van der Waals surface area (Å²) in [6.45, 7) is 2.67. The Kier molecular flexibility index (Phi) is 3.89. The van der Waals surface area contributed by atoms with Gasteiger partial charge in [0.25, 0.3) is 0 Å². The van der Waals surface area contributed by atoms with Crippen molar-refractivity contribution in [2.75, 3.05) is 0 Å². The van der Waals surface area contributed by atoms with Crippen LogP contribution in [0, 0.1) is 19.9 Å². The molecule has 0 heterocycles. The normalized spacial score (nSPS) is 16.3. The van der Waals surface area contributed by atoms with E-state index in [4.69, 9.17) is 0 Å². The van der Waals surface area contributed by atoms with Crippen LogP contribution in [-0.2, 0) is 5.67 Å². The average molecular weight is 287 g/mol. The zero-order valence-electron chi connectivity index (χ0n) is 10.0. The van der Waals surface area contributed by atoms with E-state index in [9.17, 15) is 30.7 Å². The largest absolute Gasteiger partial charge is 0.427 e. The molecule has 0 N–H and O–H groups in total. The first-order valence-corrected chi connectivity index (χ1v) is 5.18. The van der Waals surface area contributed by atoms with Gasteiger partial charge in [-0.25, -0.2) is 4.39 Å². The van der Waals surface area contributed by atoms with Crippen LogP contribution >= 0.6 is 0 Å². The van der Waals surface area contributed by atoms with Crippen molar-refractivity contribution in [3.63, 3.8) is 0 Å². The molecule has 1 radical (unpaired) electrons. The molecule has 0 aliphatic heterocycles. The minimum atomic E-state index is -5.65. The van der Waals surface area contributed by atoms with Crippen LogP contribution in [0.15, 0.2) is 12.1 Å². The molecule has 1 unspecified atom stereocenters. The number of benzene rings is 1. The highest BCUT2D eigenvalue weighted by atomic mass is 19.4. The maximum Gasteiger partial charge on any atom is 0.427 e. The Morgan fingerprint density at radius 3 is 1.63 bits per heavy atom. The predicted octanol–water partition coefficient (Wildman–Crippen LogP) is 4.78. The zero-order chi connectivity index (χ0) is 15.1. The van der Waals surface area contributed by atoms with Crippen molar-refractivity contribution in [3.8, 4) is 0 Å². The summed E-state index contributed by atoms with van der Waals surface area (Å²) in [5, 5.41) is 0. The maximum absolute atomic E-state index is 14.0. The van der Waals surface area contributed by atoms with Gasteiger partial charge in [0.05, 0.1) is 6.42 Å². The highest BCUT2D eigenvalue weighted by Crippen LogP contribution is 2.49. The van der Waals surface area contributed by atoms with Crippen LogP contribution in [-0.4, -0.2) is 12.4 Å². The zero-order valence-corrected chi connectivity index (χ0v) is 10.0. The van der Waals surface area contributed by atoms with Crippen molar-refractivity contribution in [3.05, 3.63) is 34.9 Å². The molecule has 0 nitrogen and oxygen atoms in total. The van der Waals surface area contributed by atoms with E-state index in [0.717, 1.165) is 12.1 Å². The third kappa shape index (κ3) is 3.61. The van der Waals surface area contributed by atoms with E-state index in [-0.39, 0.29) is 11.1 Å². The van der Waals surface area contributed by atoms with Gasteiger partial charge in [0.2, 0.25) is 5.67 Å². The maximum atomic E-state index is 14.0. The molecule has 0 saturated carbocycles. The third-order valence-electron chi connectivity index (χ3n) is 2.49. The lowest BCUT2D eigenvalue weighted by Gasteiger charge is -2.29. The summed E-state index contributed by atoms with van der Waals surface area (Å²) < 4.78 is 88.8. The monoisotopic (exact) mass is 287 g/mol. The van der Waals surface area contributed by atoms with Crippen LogP contribution in [0.25, 0.3) is 0 Å². The van der Waals surface area contributed by atoms with Gasteiger partial charge in [-0.15, -0.1) is 0 Å². The van der Waals surface area contributed by atoms with E-state index in [1.807, 2.05) is 0 Å².